The first-order valence-electron chi connectivity index (χ1n) is 12.0. The maximum Gasteiger partial charge on any atom is 0.343 e. The van der Waals surface area contributed by atoms with E-state index < -0.39 is 28.7 Å². The van der Waals surface area contributed by atoms with Crippen molar-refractivity contribution in [3.63, 3.8) is 0 Å². The first-order chi connectivity index (χ1) is 19.8. The van der Waals surface area contributed by atoms with E-state index in [1.807, 2.05) is 0 Å². The minimum atomic E-state index is -0.731. The van der Waals surface area contributed by atoms with E-state index in [-0.39, 0.29) is 28.6 Å². The van der Waals surface area contributed by atoms with Crippen molar-refractivity contribution >= 4 is 39.7 Å². The number of hydrogen-bond acceptors (Lipinski definition) is 11. The van der Waals surface area contributed by atoms with Crippen LogP contribution in [0.2, 0.25) is 0 Å². The maximum atomic E-state index is 13.6. The number of benzene rings is 3. The van der Waals surface area contributed by atoms with Gasteiger partial charge in [-0.25, -0.2) is 9.78 Å². The standard InChI is InChI=1S/C28H22N4O9/c1-37-21-9-6-10-22-18(21)13-24(41-22)27-30-19-8-5-4-7-17(19)28(34)31(27)29-14-16-11-20(32(35)36)26(23(12-16)38-2)40-15-25(33)39-3/h4-14H,15H2,1-3H3. The lowest BCUT2D eigenvalue weighted by Gasteiger charge is -2.11. The molecule has 13 nitrogen and oxygen atoms in total. The summed E-state index contributed by atoms with van der Waals surface area (Å²) in [6.45, 7) is -0.565. The van der Waals surface area contributed by atoms with Crippen LogP contribution in [0.15, 0.2) is 75.0 Å². The Bertz CT molecular complexity index is 1890. The highest BCUT2D eigenvalue weighted by atomic mass is 16.6. The fraction of sp³-hybridized carbons (Fsp3) is 0.143. The highest BCUT2D eigenvalue weighted by Gasteiger charge is 2.24. The second-order valence-electron chi connectivity index (χ2n) is 8.49. The number of rotatable bonds is 9. The smallest absolute Gasteiger partial charge is 0.343 e. The van der Waals surface area contributed by atoms with E-state index in [9.17, 15) is 19.7 Å². The highest BCUT2D eigenvalue weighted by Crippen LogP contribution is 2.38. The van der Waals surface area contributed by atoms with E-state index >= 15 is 0 Å². The van der Waals surface area contributed by atoms with E-state index in [1.165, 1.54) is 32.6 Å². The van der Waals surface area contributed by atoms with Gasteiger partial charge in [0.05, 0.1) is 48.8 Å². The Morgan fingerprint density at radius 2 is 1.83 bits per heavy atom. The Morgan fingerprint density at radius 1 is 1.05 bits per heavy atom. The van der Waals surface area contributed by atoms with E-state index in [0.717, 1.165) is 11.8 Å². The fourth-order valence-electron chi connectivity index (χ4n) is 4.14. The summed E-state index contributed by atoms with van der Waals surface area (Å²) in [6, 6.07) is 16.3. The lowest BCUT2D eigenvalue weighted by Crippen LogP contribution is -2.20. The summed E-state index contributed by atoms with van der Waals surface area (Å²) in [5, 5.41) is 17.1. The molecule has 5 rings (SSSR count). The molecular formula is C28H22N4O9. The van der Waals surface area contributed by atoms with Gasteiger partial charge in [-0.3, -0.25) is 14.9 Å². The number of methoxy groups -OCH3 is 3. The van der Waals surface area contributed by atoms with Crippen molar-refractivity contribution in [2.45, 2.75) is 0 Å². The molecule has 0 bridgehead atoms. The van der Waals surface area contributed by atoms with Crippen LogP contribution in [0, 0.1) is 10.1 Å². The Hall–Kier alpha value is -5.72. The number of esters is 1. The van der Waals surface area contributed by atoms with Crippen LogP contribution in [-0.2, 0) is 9.53 Å². The lowest BCUT2D eigenvalue weighted by atomic mass is 10.2. The molecule has 3 aromatic carbocycles. The number of ether oxygens (including phenoxy) is 4. The van der Waals surface area contributed by atoms with Gasteiger partial charge in [-0.05, 0) is 36.4 Å². The molecule has 0 radical (unpaired) electrons. The minimum Gasteiger partial charge on any atom is -0.496 e. The van der Waals surface area contributed by atoms with Crippen molar-refractivity contribution in [2.75, 3.05) is 27.9 Å². The molecule has 0 unspecified atom stereocenters. The summed E-state index contributed by atoms with van der Waals surface area (Å²) in [5.41, 5.74) is 0.171. The number of aromatic nitrogens is 2. The normalized spacial score (nSPS) is 11.2. The predicted molar refractivity (Wildman–Crippen MR) is 148 cm³/mol. The quantitative estimate of drug-likeness (QED) is 0.111. The van der Waals surface area contributed by atoms with Crippen molar-refractivity contribution in [2.24, 2.45) is 5.10 Å². The van der Waals surface area contributed by atoms with Gasteiger partial charge in [0.15, 0.2) is 18.1 Å². The summed E-state index contributed by atoms with van der Waals surface area (Å²) >= 11 is 0. The Balaban J connectivity index is 1.65. The molecule has 5 aromatic rings. The third-order valence-electron chi connectivity index (χ3n) is 6.07. The number of fused-ring (bicyclic) bond motifs is 2. The van der Waals surface area contributed by atoms with Gasteiger partial charge >= 0.3 is 11.7 Å². The summed E-state index contributed by atoms with van der Waals surface area (Å²) in [4.78, 5) is 40.9. The SMILES string of the molecule is COC(=O)COc1c(OC)cc(C=Nn2c(-c3cc4c(OC)cccc4o3)nc3ccccc3c2=O)cc1[N+](=O)[O-]. The summed E-state index contributed by atoms with van der Waals surface area (Å²) in [7, 11) is 3.99. The third kappa shape index (κ3) is 5.15. The zero-order chi connectivity index (χ0) is 29.1. The van der Waals surface area contributed by atoms with Crippen molar-refractivity contribution in [1.82, 2.24) is 9.66 Å². The number of furan rings is 1. The van der Waals surface area contributed by atoms with Crippen LogP contribution in [0.4, 0.5) is 5.69 Å². The average Bonchev–Trinajstić information content (AvgIpc) is 3.43. The molecule has 2 heterocycles. The first kappa shape index (κ1) is 26.9. The molecule has 41 heavy (non-hydrogen) atoms. The monoisotopic (exact) mass is 558 g/mol. The number of hydrogen-bond donors (Lipinski definition) is 0. The number of nitro benzene ring substituents is 1. The van der Waals surface area contributed by atoms with Gasteiger partial charge in [-0.1, -0.05) is 18.2 Å². The Kier molecular flexibility index (Phi) is 7.33. The zero-order valence-electron chi connectivity index (χ0n) is 22.0. The van der Waals surface area contributed by atoms with Gasteiger partial charge in [0.25, 0.3) is 5.56 Å². The van der Waals surface area contributed by atoms with Crippen LogP contribution in [0.3, 0.4) is 0 Å². The van der Waals surface area contributed by atoms with Gasteiger partial charge in [0.2, 0.25) is 11.6 Å². The van der Waals surface area contributed by atoms with Gasteiger partial charge < -0.3 is 23.4 Å². The van der Waals surface area contributed by atoms with Crippen LogP contribution in [0.5, 0.6) is 17.2 Å². The Labute approximate surface area is 231 Å². The van der Waals surface area contributed by atoms with Gasteiger partial charge in [-0.15, -0.1) is 0 Å². The summed E-state index contributed by atoms with van der Waals surface area (Å²) in [6.07, 6.45) is 1.24. The van der Waals surface area contributed by atoms with Crippen LogP contribution >= 0.6 is 0 Å². The molecule has 0 aliphatic heterocycles. The molecule has 2 aromatic heterocycles. The number of carbonyl (C=O) groups excluding carboxylic acids is 1. The highest BCUT2D eigenvalue weighted by molar-refractivity contribution is 5.89. The second kappa shape index (κ2) is 11.2. The molecule has 208 valence electrons. The van der Waals surface area contributed by atoms with Crippen LogP contribution in [-0.4, -0.2) is 54.7 Å². The molecule has 0 N–H and O–H groups in total. The molecule has 0 spiro atoms. The van der Waals surface area contributed by atoms with Crippen LogP contribution in [0.25, 0.3) is 33.5 Å². The largest absolute Gasteiger partial charge is 0.496 e. The average molecular weight is 559 g/mol. The number of nitro groups is 1. The van der Waals surface area contributed by atoms with Crippen LogP contribution < -0.4 is 19.8 Å². The first-order valence-corrected chi connectivity index (χ1v) is 12.0. The molecule has 0 atom stereocenters. The summed E-state index contributed by atoms with van der Waals surface area (Å²) < 4.78 is 27.6. The molecule has 0 saturated heterocycles. The minimum absolute atomic E-state index is 0.0295. The fourth-order valence-corrected chi connectivity index (χ4v) is 4.14. The maximum absolute atomic E-state index is 13.6. The molecule has 13 heteroatoms. The number of para-hydroxylation sites is 1. The molecular weight excluding hydrogens is 536 g/mol. The molecule has 0 aliphatic rings. The van der Waals surface area contributed by atoms with E-state index in [2.05, 4.69) is 14.8 Å². The van der Waals surface area contributed by atoms with E-state index in [4.69, 9.17) is 18.6 Å². The van der Waals surface area contributed by atoms with E-state index in [1.54, 1.807) is 48.5 Å². The van der Waals surface area contributed by atoms with Crippen molar-refractivity contribution < 1.29 is 33.1 Å². The summed E-state index contributed by atoms with van der Waals surface area (Å²) in [5.74, 6) is -0.0996. The van der Waals surface area contributed by atoms with Gasteiger partial charge in [0.1, 0.15) is 11.3 Å². The molecule has 0 aliphatic carbocycles. The number of carbonyl (C=O) groups is 1. The molecule has 0 amide bonds. The van der Waals surface area contributed by atoms with Crippen LogP contribution in [0.1, 0.15) is 5.56 Å². The van der Waals surface area contributed by atoms with Gasteiger partial charge in [0, 0.05) is 11.6 Å². The Morgan fingerprint density at radius 3 is 2.56 bits per heavy atom. The zero-order valence-corrected chi connectivity index (χ0v) is 22.0. The topological polar surface area (TPSA) is 158 Å². The van der Waals surface area contributed by atoms with Crippen molar-refractivity contribution in [3.05, 3.63) is 86.7 Å². The lowest BCUT2D eigenvalue weighted by molar-refractivity contribution is -0.385. The molecule has 0 saturated carbocycles. The second-order valence-corrected chi connectivity index (χ2v) is 8.49. The number of nitrogens with zero attached hydrogens (tertiary/aromatic N) is 4. The van der Waals surface area contributed by atoms with E-state index in [0.29, 0.717) is 27.6 Å². The van der Waals surface area contributed by atoms with Gasteiger partial charge in [-0.2, -0.15) is 9.78 Å². The molecule has 0 fully saturated rings. The predicted octanol–water partition coefficient (Wildman–Crippen LogP) is 4.17. The van der Waals surface area contributed by atoms with Crippen molar-refractivity contribution in [1.29, 1.82) is 0 Å². The van der Waals surface area contributed by atoms with Crippen molar-refractivity contribution in [3.8, 4) is 28.8 Å². The third-order valence-corrected chi connectivity index (χ3v) is 6.07.